The fourth-order valence-corrected chi connectivity index (χ4v) is 2.67. The number of hydrogen-bond acceptors (Lipinski definition) is 4. The Morgan fingerprint density at radius 2 is 2.00 bits per heavy atom. The minimum Gasteiger partial charge on any atom is -0.437 e. The van der Waals surface area contributed by atoms with Crippen molar-refractivity contribution in [1.29, 1.82) is 0 Å². The first-order chi connectivity index (χ1) is 10.3. The topological polar surface area (TPSA) is 47.0 Å². The zero-order valence-electron chi connectivity index (χ0n) is 12.4. The van der Waals surface area contributed by atoms with E-state index in [1.165, 1.54) is 30.4 Å². The van der Waals surface area contributed by atoms with E-state index in [0.717, 1.165) is 24.4 Å². The number of fused-ring (bicyclic) bond motifs is 1. The van der Waals surface area contributed by atoms with Gasteiger partial charge in [0.05, 0.1) is 11.9 Å². The second-order valence-corrected chi connectivity index (χ2v) is 5.37. The van der Waals surface area contributed by atoms with E-state index >= 15 is 0 Å². The summed E-state index contributed by atoms with van der Waals surface area (Å²) in [4.78, 5) is 8.66. The smallest absolute Gasteiger partial charge is 0.238 e. The minimum absolute atomic E-state index is 0.557. The Labute approximate surface area is 125 Å². The average molecular weight is 283 g/mol. The number of rotatable bonds is 5. The Balaban J connectivity index is 1.74. The summed E-state index contributed by atoms with van der Waals surface area (Å²) in [5.41, 5.74) is 3.77. The van der Waals surface area contributed by atoms with Crippen LogP contribution < -0.4 is 10.1 Å². The molecule has 0 spiro atoms. The monoisotopic (exact) mass is 283 g/mol. The van der Waals surface area contributed by atoms with E-state index in [4.69, 9.17) is 4.74 Å². The number of aromatic nitrogens is 2. The highest BCUT2D eigenvalue weighted by atomic mass is 16.5. The lowest BCUT2D eigenvalue weighted by molar-refractivity contribution is 0.455. The maximum Gasteiger partial charge on any atom is 0.238 e. The van der Waals surface area contributed by atoms with Gasteiger partial charge in [-0.2, -0.15) is 0 Å². The molecule has 4 nitrogen and oxygen atoms in total. The lowest BCUT2D eigenvalue weighted by Gasteiger charge is -2.16. The fraction of sp³-hybridized carbons (Fsp3) is 0.412. The van der Waals surface area contributed by atoms with E-state index in [0.29, 0.717) is 12.4 Å². The second kappa shape index (κ2) is 6.68. The largest absolute Gasteiger partial charge is 0.437 e. The Morgan fingerprint density at radius 1 is 1.14 bits per heavy atom. The lowest BCUT2D eigenvalue weighted by atomic mass is 9.92. The van der Waals surface area contributed by atoms with Crippen molar-refractivity contribution in [3.63, 3.8) is 0 Å². The van der Waals surface area contributed by atoms with Crippen LogP contribution in [0.4, 0.5) is 0 Å². The van der Waals surface area contributed by atoms with Gasteiger partial charge in [0.2, 0.25) is 5.88 Å². The molecule has 0 aliphatic heterocycles. The van der Waals surface area contributed by atoms with Crippen molar-refractivity contribution >= 4 is 0 Å². The molecule has 1 aliphatic carbocycles. The van der Waals surface area contributed by atoms with Crippen LogP contribution in [0.3, 0.4) is 0 Å². The van der Waals surface area contributed by atoms with E-state index in [2.05, 4.69) is 34.3 Å². The molecule has 0 saturated heterocycles. The van der Waals surface area contributed by atoms with E-state index in [1.807, 2.05) is 6.07 Å². The Bertz CT molecular complexity index is 613. The molecule has 21 heavy (non-hydrogen) atoms. The molecule has 4 heteroatoms. The average Bonchev–Trinajstić information content (AvgIpc) is 2.53. The maximum atomic E-state index is 5.86. The van der Waals surface area contributed by atoms with Crippen molar-refractivity contribution in [1.82, 2.24) is 15.3 Å². The quantitative estimate of drug-likeness (QED) is 0.915. The highest BCUT2D eigenvalue weighted by molar-refractivity contribution is 5.38. The molecule has 1 aliphatic rings. The predicted octanol–water partition coefficient (Wildman–Crippen LogP) is 3.26. The third-order valence-corrected chi connectivity index (χ3v) is 3.76. The zero-order valence-corrected chi connectivity index (χ0v) is 12.4. The summed E-state index contributed by atoms with van der Waals surface area (Å²) < 4.78 is 5.86. The number of ether oxygens (including phenoxy) is 1. The van der Waals surface area contributed by atoms with Crippen molar-refractivity contribution in [2.75, 3.05) is 6.54 Å². The summed E-state index contributed by atoms with van der Waals surface area (Å²) in [6, 6.07) is 6.36. The van der Waals surface area contributed by atoms with Crippen LogP contribution in [0.5, 0.6) is 11.6 Å². The number of benzene rings is 1. The van der Waals surface area contributed by atoms with Gasteiger partial charge >= 0.3 is 0 Å². The van der Waals surface area contributed by atoms with Crippen LogP contribution in [0.15, 0.2) is 30.6 Å². The van der Waals surface area contributed by atoms with Gasteiger partial charge in [-0.1, -0.05) is 13.0 Å². The zero-order chi connectivity index (χ0) is 14.5. The van der Waals surface area contributed by atoms with E-state index in [9.17, 15) is 0 Å². The fourth-order valence-electron chi connectivity index (χ4n) is 2.67. The van der Waals surface area contributed by atoms with Crippen LogP contribution in [0.2, 0.25) is 0 Å². The molecule has 1 aromatic carbocycles. The second-order valence-electron chi connectivity index (χ2n) is 5.37. The minimum atomic E-state index is 0.557. The van der Waals surface area contributed by atoms with Crippen molar-refractivity contribution in [3.05, 3.63) is 47.4 Å². The van der Waals surface area contributed by atoms with E-state index < -0.39 is 0 Å². The summed E-state index contributed by atoms with van der Waals surface area (Å²) in [7, 11) is 0. The lowest BCUT2D eigenvalue weighted by Crippen LogP contribution is -2.13. The van der Waals surface area contributed by atoms with Gasteiger partial charge in [-0.3, -0.25) is 4.98 Å². The van der Waals surface area contributed by atoms with Gasteiger partial charge in [-0.25, -0.2) is 4.98 Å². The van der Waals surface area contributed by atoms with Gasteiger partial charge in [-0.05, 0) is 55.5 Å². The third-order valence-electron chi connectivity index (χ3n) is 3.76. The van der Waals surface area contributed by atoms with Crippen LogP contribution in [0.1, 0.15) is 36.6 Å². The van der Waals surface area contributed by atoms with Gasteiger partial charge in [0.15, 0.2) is 0 Å². The van der Waals surface area contributed by atoms with Crippen LogP contribution in [0.25, 0.3) is 0 Å². The summed E-state index contributed by atoms with van der Waals surface area (Å²) in [6.07, 6.45) is 8.34. The van der Waals surface area contributed by atoms with Gasteiger partial charge in [0.1, 0.15) is 5.75 Å². The molecule has 2 aromatic rings. The Morgan fingerprint density at radius 3 is 2.86 bits per heavy atom. The normalized spacial score (nSPS) is 13.8. The first-order valence-electron chi connectivity index (χ1n) is 7.66. The number of aryl methyl sites for hydroxylation is 2. The van der Waals surface area contributed by atoms with Crippen molar-refractivity contribution in [2.24, 2.45) is 0 Å². The molecule has 0 amide bonds. The molecule has 3 rings (SSSR count). The van der Waals surface area contributed by atoms with E-state index in [-0.39, 0.29) is 0 Å². The molecule has 0 fully saturated rings. The first-order valence-corrected chi connectivity index (χ1v) is 7.66. The predicted molar refractivity (Wildman–Crippen MR) is 82.6 cm³/mol. The first kappa shape index (κ1) is 14.0. The summed E-state index contributed by atoms with van der Waals surface area (Å²) in [5.74, 6) is 1.41. The SMILES string of the molecule is CCNCc1cncc(Oc2ccc3c(c2)CCCC3)n1. The van der Waals surface area contributed by atoms with Gasteiger partial charge in [-0.15, -0.1) is 0 Å². The van der Waals surface area contributed by atoms with Crippen molar-refractivity contribution < 1.29 is 4.74 Å². The molecule has 1 aromatic heterocycles. The maximum absolute atomic E-state index is 5.86. The molecule has 1 N–H and O–H groups in total. The number of nitrogens with zero attached hydrogens (tertiary/aromatic N) is 2. The molecular formula is C17H21N3O. The summed E-state index contributed by atoms with van der Waals surface area (Å²) >= 11 is 0. The molecule has 0 radical (unpaired) electrons. The number of nitrogens with one attached hydrogen (secondary N) is 1. The molecular weight excluding hydrogens is 262 g/mol. The third kappa shape index (κ3) is 3.58. The van der Waals surface area contributed by atoms with Gasteiger partial charge in [0.25, 0.3) is 0 Å². The standard InChI is InChI=1S/C17H21N3O/c1-2-18-10-15-11-19-12-17(20-15)21-16-8-7-13-5-3-4-6-14(13)9-16/h7-9,11-12,18H,2-6,10H2,1H3. The molecule has 110 valence electrons. The molecule has 0 bridgehead atoms. The van der Waals surface area contributed by atoms with Crippen LogP contribution >= 0.6 is 0 Å². The van der Waals surface area contributed by atoms with Crippen LogP contribution in [-0.4, -0.2) is 16.5 Å². The van der Waals surface area contributed by atoms with Crippen molar-refractivity contribution in [3.8, 4) is 11.6 Å². The van der Waals surface area contributed by atoms with E-state index in [1.54, 1.807) is 12.4 Å². The highest BCUT2D eigenvalue weighted by Gasteiger charge is 2.10. The van der Waals surface area contributed by atoms with Crippen molar-refractivity contribution in [2.45, 2.75) is 39.2 Å². The molecule has 1 heterocycles. The van der Waals surface area contributed by atoms with Gasteiger partial charge < -0.3 is 10.1 Å². The Hall–Kier alpha value is -1.94. The highest BCUT2D eigenvalue weighted by Crippen LogP contribution is 2.27. The van der Waals surface area contributed by atoms with Gasteiger partial charge in [0, 0.05) is 12.7 Å². The van der Waals surface area contributed by atoms with Crippen LogP contribution in [0, 0.1) is 0 Å². The Kier molecular flexibility index (Phi) is 4.46. The summed E-state index contributed by atoms with van der Waals surface area (Å²) in [6.45, 7) is 3.70. The number of hydrogen-bond donors (Lipinski definition) is 1. The molecule has 0 saturated carbocycles. The van der Waals surface area contributed by atoms with Crippen LogP contribution in [-0.2, 0) is 19.4 Å². The summed E-state index contributed by atoms with van der Waals surface area (Å²) in [5, 5.41) is 3.24. The molecule has 0 unspecified atom stereocenters. The molecule has 0 atom stereocenters.